The minimum Gasteiger partial charge on any atom is -0.396 e. The normalized spacial score (nSPS) is 15.1. The van der Waals surface area contributed by atoms with Gasteiger partial charge in [-0.15, -0.1) is 0 Å². The lowest BCUT2D eigenvalue weighted by Gasteiger charge is -2.37. The van der Waals surface area contributed by atoms with Crippen molar-refractivity contribution < 1.29 is 9.90 Å². The Morgan fingerprint density at radius 3 is 2.89 bits per heavy atom. The van der Waals surface area contributed by atoms with Crippen LogP contribution in [0.2, 0.25) is 0 Å². The van der Waals surface area contributed by atoms with Gasteiger partial charge in [-0.05, 0) is 44.2 Å². The molecule has 0 radical (unpaired) electrons. The SMILES string of the molecule is Cc1cccnc1CC(=O)N(CCCO)C1CCC1. The first-order valence-electron chi connectivity index (χ1n) is 7.03. The second-order valence-electron chi connectivity index (χ2n) is 5.19. The van der Waals surface area contributed by atoms with Gasteiger partial charge in [-0.25, -0.2) is 0 Å². The van der Waals surface area contributed by atoms with Crippen LogP contribution in [0.25, 0.3) is 0 Å². The number of aliphatic hydroxyl groups excluding tert-OH is 1. The molecule has 1 aromatic rings. The molecule has 1 saturated carbocycles. The van der Waals surface area contributed by atoms with Gasteiger partial charge in [0.15, 0.2) is 0 Å². The number of aromatic nitrogens is 1. The predicted molar refractivity (Wildman–Crippen MR) is 73.7 cm³/mol. The highest BCUT2D eigenvalue weighted by atomic mass is 16.3. The summed E-state index contributed by atoms with van der Waals surface area (Å²) in [5.74, 6) is 0.139. The number of carbonyl (C=O) groups excluding carboxylic acids is 1. The third-order valence-electron chi connectivity index (χ3n) is 3.83. The van der Waals surface area contributed by atoms with E-state index in [1.54, 1.807) is 6.20 Å². The van der Waals surface area contributed by atoms with Crippen molar-refractivity contribution in [3.63, 3.8) is 0 Å². The van der Waals surface area contributed by atoms with Crippen molar-refractivity contribution in [1.29, 1.82) is 0 Å². The lowest BCUT2D eigenvalue weighted by Crippen LogP contribution is -2.45. The van der Waals surface area contributed by atoms with Crippen LogP contribution in [0.4, 0.5) is 0 Å². The van der Waals surface area contributed by atoms with Crippen molar-refractivity contribution in [3.8, 4) is 0 Å². The average molecular weight is 262 g/mol. The van der Waals surface area contributed by atoms with Gasteiger partial charge in [0.25, 0.3) is 0 Å². The lowest BCUT2D eigenvalue weighted by molar-refractivity contribution is -0.134. The van der Waals surface area contributed by atoms with Crippen LogP contribution in [-0.4, -0.2) is 40.1 Å². The average Bonchev–Trinajstić information content (AvgIpc) is 2.34. The molecule has 0 saturated heterocycles. The predicted octanol–water partition coefficient (Wildman–Crippen LogP) is 1.70. The molecular formula is C15H22N2O2. The fourth-order valence-corrected chi connectivity index (χ4v) is 2.40. The molecular weight excluding hydrogens is 240 g/mol. The first-order chi connectivity index (χ1) is 9.22. The van der Waals surface area contributed by atoms with E-state index in [-0.39, 0.29) is 12.5 Å². The number of aliphatic hydroxyl groups is 1. The number of pyridine rings is 1. The van der Waals surface area contributed by atoms with E-state index in [1.807, 2.05) is 24.0 Å². The summed E-state index contributed by atoms with van der Waals surface area (Å²) in [6, 6.07) is 4.25. The van der Waals surface area contributed by atoms with Crippen LogP contribution >= 0.6 is 0 Å². The van der Waals surface area contributed by atoms with Gasteiger partial charge in [0.05, 0.1) is 12.1 Å². The molecule has 4 nitrogen and oxygen atoms in total. The van der Waals surface area contributed by atoms with Gasteiger partial charge < -0.3 is 10.0 Å². The zero-order chi connectivity index (χ0) is 13.7. The van der Waals surface area contributed by atoms with Crippen molar-refractivity contribution in [2.75, 3.05) is 13.2 Å². The van der Waals surface area contributed by atoms with Crippen LogP contribution in [0.3, 0.4) is 0 Å². The second kappa shape index (κ2) is 6.66. The highest BCUT2D eigenvalue weighted by Gasteiger charge is 2.28. The Balaban J connectivity index is 2.00. The Hall–Kier alpha value is -1.42. The van der Waals surface area contributed by atoms with E-state index in [0.29, 0.717) is 25.4 Å². The first kappa shape index (κ1) is 14.0. The van der Waals surface area contributed by atoms with Crippen LogP contribution in [0.5, 0.6) is 0 Å². The molecule has 1 fully saturated rings. The molecule has 104 valence electrons. The number of hydrogen-bond acceptors (Lipinski definition) is 3. The molecule has 1 amide bonds. The topological polar surface area (TPSA) is 53.4 Å². The summed E-state index contributed by atoms with van der Waals surface area (Å²) in [6.07, 6.45) is 6.15. The van der Waals surface area contributed by atoms with E-state index in [2.05, 4.69) is 4.98 Å². The quantitative estimate of drug-likeness (QED) is 0.849. The van der Waals surface area contributed by atoms with Crippen LogP contribution < -0.4 is 0 Å². The van der Waals surface area contributed by atoms with E-state index in [4.69, 9.17) is 5.11 Å². The summed E-state index contributed by atoms with van der Waals surface area (Å²) in [5, 5.41) is 8.95. The first-order valence-corrected chi connectivity index (χ1v) is 7.03. The Bertz CT molecular complexity index is 430. The zero-order valence-corrected chi connectivity index (χ0v) is 11.5. The van der Waals surface area contributed by atoms with E-state index in [9.17, 15) is 4.79 Å². The number of aryl methyl sites for hydroxylation is 1. The molecule has 4 heteroatoms. The third kappa shape index (κ3) is 3.53. The molecule has 2 rings (SSSR count). The Morgan fingerprint density at radius 1 is 1.53 bits per heavy atom. The summed E-state index contributed by atoms with van der Waals surface area (Å²) >= 11 is 0. The highest BCUT2D eigenvalue weighted by molar-refractivity contribution is 5.79. The largest absolute Gasteiger partial charge is 0.396 e. The lowest BCUT2D eigenvalue weighted by atomic mass is 9.91. The zero-order valence-electron chi connectivity index (χ0n) is 11.5. The van der Waals surface area contributed by atoms with Crippen molar-refractivity contribution >= 4 is 5.91 Å². The van der Waals surface area contributed by atoms with Crippen molar-refractivity contribution in [3.05, 3.63) is 29.6 Å². The minimum atomic E-state index is 0.138. The van der Waals surface area contributed by atoms with Crippen LogP contribution in [0, 0.1) is 6.92 Å². The summed E-state index contributed by atoms with van der Waals surface area (Å²) in [4.78, 5) is 18.6. The maximum Gasteiger partial charge on any atom is 0.228 e. The standard InChI is InChI=1S/C15H22N2O2/c1-12-5-3-8-16-14(12)11-15(19)17(9-4-10-18)13-6-2-7-13/h3,5,8,13,18H,2,4,6-7,9-11H2,1H3. The molecule has 0 aromatic carbocycles. The maximum atomic E-state index is 12.4. The van der Waals surface area contributed by atoms with Gasteiger partial charge in [-0.1, -0.05) is 6.07 Å². The minimum absolute atomic E-state index is 0.138. The van der Waals surface area contributed by atoms with E-state index < -0.39 is 0 Å². The Kier molecular flexibility index (Phi) is 4.91. The van der Waals surface area contributed by atoms with Gasteiger partial charge in [-0.3, -0.25) is 9.78 Å². The van der Waals surface area contributed by atoms with Gasteiger partial charge in [0.1, 0.15) is 0 Å². The number of hydrogen-bond donors (Lipinski definition) is 1. The van der Waals surface area contributed by atoms with Crippen molar-refractivity contribution in [1.82, 2.24) is 9.88 Å². The molecule has 0 spiro atoms. The monoisotopic (exact) mass is 262 g/mol. The van der Waals surface area contributed by atoms with E-state index in [0.717, 1.165) is 24.1 Å². The fourth-order valence-electron chi connectivity index (χ4n) is 2.40. The van der Waals surface area contributed by atoms with Gasteiger partial charge >= 0.3 is 0 Å². The maximum absolute atomic E-state index is 12.4. The molecule has 1 aromatic heterocycles. The van der Waals surface area contributed by atoms with Crippen LogP contribution in [-0.2, 0) is 11.2 Å². The molecule has 0 aliphatic heterocycles. The van der Waals surface area contributed by atoms with Gasteiger partial charge in [0.2, 0.25) is 5.91 Å². The Morgan fingerprint density at radius 2 is 2.32 bits per heavy atom. The van der Waals surface area contributed by atoms with E-state index in [1.165, 1.54) is 6.42 Å². The summed E-state index contributed by atoms with van der Waals surface area (Å²) < 4.78 is 0. The van der Waals surface area contributed by atoms with Crippen LogP contribution in [0.15, 0.2) is 18.3 Å². The smallest absolute Gasteiger partial charge is 0.228 e. The molecule has 1 N–H and O–H groups in total. The molecule has 19 heavy (non-hydrogen) atoms. The summed E-state index contributed by atoms with van der Waals surface area (Å²) in [7, 11) is 0. The second-order valence-corrected chi connectivity index (χ2v) is 5.19. The number of rotatable bonds is 6. The molecule has 0 atom stereocenters. The molecule has 1 aliphatic rings. The number of carbonyl (C=O) groups is 1. The summed E-state index contributed by atoms with van der Waals surface area (Å²) in [5.41, 5.74) is 1.92. The molecule has 0 unspecified atom stereocenters. The molecule has 1 aliphatic carbocycles. The third-order valence-corrected chi connectivity index (χ3v) is 3.83. The van der Waals surface area contributed by atoms with Crippen LogP contribution in [0.1, 0.15) is 36.9 Å². The number of nitrogens with zero attached hydrogens (tertiary/aromatic N) is 2. The summed E-state index contributed by atoms with van der Waals surface area (Å²) in [6.45, 7) is 2.78. The van der Waals surface area contributed by atoms with Crippen molar-refractivity contribution in [2.24, 2.45) is 0 Å². The Labute approximate surface area is 114 Å². The molecule has 1 heterocycles. The highest BCUT2D eigenvalue weighted by Crippen LogP contribution is 2.25. The van der Waals surface area contributed by atoms with E-state index >= 15 is 0 Å². The van der Waals surface area contributed by atoms with Crippen molar-refractivity contribution in [2.45, 2.75) is 45.1 Å². The van der Waals surface area contributed by atoms with Gasteiger partial charge in [0, 0.05) is 25.4 Å². The van der Waals surface area contributed by atoms with Gasteiger partial charge in [-0.2, -0.15) is 0 Å². The number of amides is 1. The fraction of sp³-hybridized carbons (Fsp3) is 0.600. The molecule has 0 bridgehead atoms.